The smallest absolute Gasteiger partial charge is 0.324 e. The van der Waals surface area contributed by atoms with Crippen molar-refractivity contribution in [3.8, 4) is 0 Å². The van der Waals surface area contributed by atoms with E-state index in [9.17, 15) is 4.79 Å². The van der Waals surface area contributed by atoms with Gasteiger partial charge < -0.3 is 10.1 Å². The van der Waals surface area contributed by atoms with Crippen LogP contribution >= 0.6 is 0 Å². The number of rotatable bonds is 3. The Bertz CT molecular complexity index is 477. The molecule has 4 heteroatoms. The summed E-state index contributed by atoms with van der Waals surface area (Å²) in [5.41, 5.74) is 2.73. The summed E-state index contributed by atoms with van der Waals surface area (Å²) in [4.78, 5) is 14.0. The molecule has 1 N–H and O–H groups in total. The molecule has 0 spiro atoms. The van der Waals surface area contributed by atoms with Crippen molar-refractivity contribution in [2.75, 3.05) is 26.7 Å². The lowest BCUT2D eigenvalue weighted by atomic mass is 9.86. The van der Waals surface area contributed by atoms with Gasteiger partial charge in [0.05, 0.1) is 7.11 Å². The van der Waals surface area contributed by atoms with Gasteiger partial charge in [-0.05, 0) is 16.5 Å². The van der Waals surface area contributed by atoms with Gasteiger partial charge in [-0.15, -0.1) is 0 Å². The van der Waals surface area contributed by atoms with Crippen LogP contribution in [-0.2, 0) is 21.5 Å². The van der Waals surface area contributed by atoms with Crippen LogP contribution in [0.5, 0.6) is 0 Å². The van der Waals surface area contributed by atoms with E-state index < -0.39 is 0 Å². The molecule has 1 saturated heterocycles. The fourth-order valence-electron chi connectivity index (χ4n) is 2.65. The van der Waals surface area contributed by atoms with E-state index in [4.69, 9.17) is 4.74 Å². The van der Waals surface area contributed by atoms with Crippen LogP contribution in [0.1, 0.15) is 31.9 Å². The quantitative estimate of drug-likeness (QED) is 0.864. The fourth-order valence-corrected chi connectivity index (χ4v) is 2.65. The number of carbonyl (C=O) groups excluding carboxylic acids is 1. The van der Waals surface area contributed by atoms with Gasteiger partial charge in [0, 0.05) is 26.2 Å². The molecule has 1 aliphatic heterocycles. The third-order valence-electron chi connectivity index (χ3n) is 4.03. The van der Waals surface area contributed by atoms with Crippen molar-refractivity contribution in [2.45, 2.75) is 38.8 Å². The maximum Gasteiger partial charge on any atom is 0.324 e. The first-order valence-electron chi connectivity index (χ1n) is 7.54. The highest BCUT2D eigenvalue weighted by Gasteiger charge is 2.29. The zero-order chi connectivity index (χ0) is 15.5. The molecule has 1 atom stereocenters. The molecule has 116 valence electrons. The average molecular weight is 290 g/mol. The van der Waals surface area contributed by atoms with Crippen LogP contribution in [0.4, 0.5) is 0 Å². The number of carbonyl (C=O) groups is 1. The number of piperazine rings is 1. The normalized spacial score (nSPS) is 20.3. The number of esters is 1. The van der Waals surface area contributed by atoms with E-state index in [2.05, 4.69) is 55.3 Å². The first kappa shape index (κ1) is 16.0. The SMILES string of the molecule is COC(=O)C1CNCCN1Cc1ccc(C(C)(C)C)cc1. The summed E-state index contributed by atoms with van der Waals surface area (Å²) in [7, 11) is 1.45. The van der Waals surface area contributed by atoms with Crippen molar-refractivity contribution in [3.63, 3.8) is 0 Å². The van der Waals surface area contributed by atoms with Crippen molar-refractivity contribution in [2.24, 2.45) is 0 Å². The number of methoxy groups -OCH3 is 1. The van der Waals surface area contributed by atoms with Crippen molar-refractivity contribution in [3.05, 3.63) is 35.4 Å². The van der Waals surface area contributed by atoms with E-state index in [0.717, 1.165) is 19.6 Å². The fraction of sp³-hybridized carbons (Fsp3) is 0.588. The largest absolute Gasteiger partial charge is 0.468 e. The Hall–Kier alpha value is -1.39. The number of hydrogen-bond acceptors (Lipinski definition) is 4. The van der Waals surface area contributed by atoms with E-state index in [-0.39, 0.29) is 17.4 Å². The molecule has 1 aliphatic rings. The average Bonchev–Trinajstić information content (AvgIpc) is 2.46. The van der Waals surface area contributed by atoms with Crippen LogP contribution in [0, 0.1) is 0 Å². The Morgan fingerprint density at radius 1 is 1.33 bits per heavy atom. The molecule has 1 heterocycles. The van der Waals surface area contributed by atoms with E-state index >= 15 is 0 Å². The third kappa shape index (κ3) is 4.05. The second-order valence-electron chi connectivity index (χ2n) is 6.66. The molecule has 0 aromatic heterocycles. The Kier molecular flexibility index (Phi) is 5.01. The second kappa shape index (κ2) is 6.58. The lowest BCUT2D eigenvalue weighted by Crippen LogP contribution is -2.54. The van der Waals surface area contributed by atoms with Gasteiger partial charge >= 0.3 is 5.97 Å². The molecule has 21 heavy (non-hydrogen) atoms. The van der Waals surface area contributed by atoms with E-state index in [0.29, 0.717) is 6.54 Å². The van der Waals surface area contributed by atoms with Gasteiger partial charge in [-0.2, -0.15) is 0 Å². The van der Waals surface area contributed by atoms with E-state index in [1.54, 1.807) is 0 Å². The monoisotopic (exact) mass is 290 g/mol. The Morgan fingerprint density at radius 3 is 2.57 bits per heavy atom. The second-order valence-corrected chi connectivity index (χ2v) is 6.66. The molecular formula is C17H26N2O2. The molecule has 0 saturated carbocycles. The Balaban J connectivity index is 2.07. The van der Waals surface area contributed by atoms with Crippen molar-refractivity contribution >= 4 is 5.97 Å². The minimum Gasteiger partial charge on any atom is -0.468 e. The number of hydrogen-bond donors (Lipinski definition) is 1. The van der Waals surface area contributed by atoms with Gasteiger partial charge in [0.1, 0.15) is 6.04 Å². The highest BCUT2D eigenvalue weighted by Crippen LogP contribution is 2.23. The number of nitrogens with one attached hydrogen (secondary N) is 1. The summed E-state index contributed by atoms with van der Waals surface area (Å²) in [5, 5.41) is 3.25. The topological polar surface area (TPSA) is 41.6 Å². The van der Waals surface area contributed by atoms with E-state index in [1.807, 2.05) is 0 Å². The maximum atomic E-state index is 11.8. The van der Waals surface area contributed by atoms with Gasteiger partial charge in [-0.1, -0.05) is 45.0 Å². The first-order chi connectivity index (χ1) is 9.91. The van der Waals surface area contributed by atoms with Gasteiger partial charge in [-0.25, -0.2) is 0 Å². The molecular weight excluding hydrogens is 264 g/mol. The van der Waals surface area contributed by atoms with Gasteiger partial charge in [-0.3, -0.25) is 9.69 Å². The predicted octanol–water partition coefficient (Wildman–Crippen LogP) is 1.93. The molecule has 0 bridgehead atoms. The lowest BCUT2D eigenvalue weighted by molar-refractivity contribution is -0.147. The van der Waals surface area contributed by atoms with Crippen LogP contribution in [0.3, 0.4) is 0 Å². The Labute approximate surface area is 127 Å². The summed E-state index contributed by atoms with van der Waals surface area (Å²) in [6, 6.07) is 8.51. The van der Waals surface area contributed by atoms with Crippen LogP contribution in [0.2, 0.25) is 0 Å². The molecule has 4 nitrogen and oxygen atoms in total. The molecule has 1 aromatic rings. The summed E-state index contributed by atoms with van der Waals surface area (Å²) in [6.07, 6.45) is 0. The summed E-state index contributed by atoms with van der Waals surface area (Å²) >= 11 is 0. The van der Waals surface area contributed by atoms with Gasteiger partial charge in [0.25, 0.3) is 0 Å². The highest BCUT2D eigenvalue weighted by atomic mass is 16.5. The molecule has 1 aromatic carbocycles. The van der Waals surface area contributed by atoms with Crippen molar-refractivity contribution < 1.29 is 9.53 Å². The molecule has 1 fully saturated rings. The number of ether oxygens (including phenoxy) is 1. The van der Waals surface area contributed by atoms with Crippen LogP contribution in [-0.4, -0.2) is 43.7 Å². The van der Waals surface area contributed by atoms with Crippen molar-refractivity contribution in [1.82, 2.24) is 10.2 Å². The number of nitrogens with zero attached hydrogens (tertiary/aromatic N) is 1. The zero-order valence-corrected chi connectivity index (χ0v) is 13.5. The van der Waals surface area contributed by atoms with Crippen LogP contribution in [0.25, 0.3) is 0 Å². The van der Waals surface area contributed by atoms with Crippen LogP contribution < -0.4 is 5.32 Å². The molecule has 0 radical (unpaired) electrons. The first-order valence-corrected chi connectivity index (χ1v) is 7.54. The number of benzene rings is 1. The highest BCUT2D eigenvalue weighted by molar-refractivity contribution is 5.76. The minimum atomic E-state index is -0.189. The molecule has 2 rings (SSSR count). The maximum absolute atomic E-state index is 11.8. The zero-order valence-electron chi connectivity index (χ0n) is 13.5. The molecule has 0 aliphatic carbocycles. The molecule has 0 amide bonds. The van der Waals surface area contributed by atoms with Crippen molar-refractivity contribution in [1.29, 1.82) is 0 Å². The summed E-state index contributed by atoms with van der Waals surface area (Å²) in [5.74, 6) is -0.159. The van der Waals surface area contributed by atoms with Gasteiger partial charge in [0.2, 0.25) is 0 Å². The summed E-state index contributed by atoms with van der Waals surface area (Å²) in [6.45, 7) is 9.86. The minimum absolute atomic E-state index is 0.159. The predicted molar refractivity (Wildman–Crippen MR) is 84.2 cm³/mol. The van der Waals surface area contributed by atoms with Gasteiger partial charge in [0.15, 0.2) is 0 Å². The van der Waals surface area contributed by atoms with Crippen LogP contribution in [0.15, 0.2) is 24.3 Å². The third-order valence-corrected chi connectivity index (χ3v) is 4.03. The van der Waals surface area contributed by atoms with E-state index in [1.165, 1.54) is 18.2 Å². The standard InChI is InChI=1S/C17H26N2O2/c1-17(2,3)14-7-5-13(6-8-14)12-19-10-9-18-11-15(19)16(20)21-4/h5-8,15,18H,9-12H2,1-4H3. The lowest BCUT2D eigenvalue weighted by Gasteiger charge is -2.34. The summed E-state index contributed by atoms with van der Waals surface area (Å²) < 4.78 is 4.90. The Morgan fingerprint density at radius 2 is 2.00 bits per heavy atom. The molecule has 1 unspecified atom stereocenters.